The van der Waals surface area contributed by atoms with Crippen LogP contribution in [-0.2, 0) is 15.3 Å². The third-order valence-electron chi connectivity index (χ3n) is 7.92. The molecule has 1 saturated heterocycles. The predicted octanol–water partition coefficient (Wildman–Crippen LogP) is 6.68. The number of hydrogen-bond donors (Lipinski definition) is 2. The number of fused-ring (bicyclic) bond motifs is 1. The van der Waals surface area contributed by atoms with Crippen LogP contribution in [0.5, 0.6) is 0 Å². The summed E-state index contributed by atoms with van der Waals surface area (Å²) in [5.41, 5.74) is -0.938. The van der Waals surface area contributed by atoms with E-state index in [4.69, 9.17) is 27.9 Å². The highest BCUT2D eigenvalue weighted by atomic mass is 35.5. The second-order valence-electron chi connectivity index (χ2n) is 10.3. The molecule has 3 aromatic rings. The summed E-state index contributed by atoms with van der Waals surface area (Å²) in [6.07, 6.45) is 1.45. The molecule has 0 aliphatic carbocycles. The van der Waals surface area contributed by atoms with Gasteiger partial charge in [0.05, 0.1) is 23.1 Å². The van der Waals surface area contributed by atoms with Gasteiger partial charge in [-0.1, -0.05) is 54.0 Å². The molecule has 6 nitrogen and oxygen atoms in total. The topological polar surface area (TPSA) is 87.1 Å². The molecule has 208 valence electrons. The summed E-state index contributed by atoms with van der Waals surface area (Å²) in [6, 6.07) is 14.0. The van der Waals surface area contributed by atoms with Crippen molar-refractivity contribution in [1.82, 2.24) is 4.90 Å². The van der Waals surface area contributed by atoms with Crippen molar-refractivity contribution < 1.29 is 28.9 Å². The first-order valence-electron chi connectivity index (χ1n) is 12.9. The summed E-state index contributed by atoms with van der Waals surface area (Å²) in [5.74, 6) is -3.83. The van der Waals surface area contributed by atoms with Crippen molar-refractivity contribution in [3.63, 3.8) is 0 Å². The number of halogens is 3. The van der Waals surface area contributed by atoms with Crippen molar-refractivity contribution in [2.75, 3.05) is 13.2 Å². The Balaban J connectivity index is 1.73. The number of carboxylic acids is 1. The number of nitrogens with zero attached hydrogens (tertiary/aromatic N) is 1. The Hall–Kier alpha value is -3.23. The molecule has 2 unspecified atom stereocenters. The number of rotatable bonds is 7. The van der Waals surface area contributed by atoms with E-state index in [0.29, 0.717) is 40.0 Å². The minimum absolute atomic E-state index is 0.0581. The first-order chi connectivity index (χ1) is 19.0. The Morgan fingerprint density at radius 3 is 2.23 bits per heavy atom. The molecule has 2 aliphatic heterocycles. The monoisotopic (exact) mass is 583 g/mol. The number of aliphatic carboxylic acids is 1. The molecule has 9 heteroatoms. The first-order valence-corrected chi connectivity index (χ1v) is 13.7. The Morgan fingerprint density at radius 1 is 1.07 bits per heavy atom. The lowest BCUT2D eigenvalue weighted by Crippen LogP contribution is -2.49. The van der Waals surface area contributed by atoms with Crippen LogP contribution >= 0.6 is 23.2 Å². The Kier molecular flexibility index (Phi) is 7.77. The van der Waals surface area contributed by atoms with E-state index in [0.717, 1.165) is 17.7 Å². The molecule has 0 bridgehead atoms. The summed E-state index contributed by atoms with van der Waals surface area (Å²) in [6.45, 7) is 6.76. The largest absolute Gasteiger partial charge is 0.481 e. The third-order valence-corrected chi connectivity index (χ3v) is 8.43. The number of amides is 1. The third kappa shape index (κ3) is 4.81. The molecule has 2 heterocycles. The van der Waals surface area contributed by atoms with Crippen molar-refractivity contribution in [2.24, 2.45) is 11.8 Å². The quantitative estimate of drug-likeness (QED) is 0.324. The average Bonchev–Trinajstić information content (AvgIpc) is 3.17. The van der Waals surface area contributed by atoms with Gasteiger partial charge in [0.15, 0.2) is 5.72 Å². The van der Waals surface area contributed by atoms with Crippen molar-refractivity contribution >= 4 is 40.7 Å². The van der Waals surface area contributed by atoms with Gasteiger partial charge in [0, 0.05) is 28.8 Å². The normalized spacial score (nSPS) is 20.7. The van der Waals surface area contributed by atoms with Crippen molar-refractivity contribution in [3.05, 3.63) is 111 Å². The van der Waals surface area contributed by atoms with Crippen LogP contribution in [0.15, 0.2) is 67.2 Å². The number of carboxylic acid groups (broad SMARTS) is 1. The van der Waals surface area contributed by atoms with E-state index in [9.17, 15) is 19.8 Å². The molecular formula is C31H28Cl2FNO5. The van der Waals surface area contributed by atoms with Crippen LogP contribution in [0, 0.1) is 17.7 Å². The highest BCUT2D eigenvalue weighted by Gasteiger charge is 2.56. The molecule has 2 aliphatic rings. The van der Waals surface area contributed by atoms with Gasteiger partial charge in [-0.2, -0.15) is 0 Å². The molecule has 0 radical (unpaired) electrons. The lowest BCUT2D eigenvalue weighted by atomic mass is 9.85. The Labute approximate surface area is 241 Å². The summed E-state index contributed by atoms with van der Waals surface area (Å²) in [4.78, 5) is 27.7. The van der Waals surface area contributed by atoms with Crippen LogP contribution in [0.2, 0.25) is 10.0 Å². The van der Waals surface area contributed by atoms with E-state index in [1.54, 1.807) is 30.3 Å². The van der Waals surface area contributed by atoms with Crippen LogP contribution in [-0.4, -0.2) is 40.2 Å². The molecule has 5 rings (SSSR count). The van der Waals surface area contributed by atoms with Crippen molar-refractivity contribution in [3.8, 4) is 0 Å². The highest BCUT2D eigenvalue weighted by Crippen LogP contribution is 2.50. The number of aliphatic hydroxyl groups is 1. The molecule has 3 aromatic carbocycles. The summed E-state index contributed by atoms with van der Waals surface area (Å²) < 4.78 is 21.6. The SMILES string of the molecule is C=C(c1cc(F)c2c(c1)C(=O)N(C(c1ccc(Cl)cc1)C(C)C(=O)O)[C@@]2(O)c1ccc(Cl)cc1)C1CCOCC1. The number of carbonyl (C=O) groups is 2. The molecule has 1 fully saturated rings. The van der Waals surface area contributed by atoms with Crippen molar-refractivity contribution in [2.45, 2.75) is 31.5 Å². The van der Waals surface area contributed by atoms with E-state index in [1.165, 1.54) is 37.3 Å². The van der Waals surface area contributed by atoms with E-state index in [2.05, 4.69) is 6.58 Å². The summed E-state index contributed by atoms with van der Waals surface area (Å²) >= 11 is 12.2. The average molecular weight is 584 g/mol. The second-order valence-corrected chi connectivity index (χ2v) is 11.1. The lowest BCUT2D eigenvalue weighted by molar-refractivity contribution is -0.147. The molecule has 2 N–H and O–H groups in total. The zero-order chi connectivity index (χ0) is 28.8. The number of benzene rings is 3. The summed E-state index contributed by atoms with van der Waals surface area (Å²) in [5, 5.41) is 23.3. The maximum Gasteiger partial charge on any atom is 0.308 e. The van der Waals surface area contributed by atoms with Gasteiger partial charge >= 0.3 is 5.97 Å². The number of ether oxygens (including phenoxy) is 1. The van der Waals surface area contributed by atoms with Crippen LogP contribution < -0.4 is 0 Å². The smallest absolute Gasteiger partial charge is 0.308 e. The molecule has 40 heavy (non-hydrogen) atoms. The molecule has 3 atom stereocenters. The lowest BCUT2D eigenvalue weighted by Gasteiger charge is -2.42. The number of carbonyl (C=O) groups excluding carboxylic acids is 1. The number of hydrogen-bond acceptors (Lipinski definition) is 4. The van der Waals surface area contributed by atoms with Gasteiger partial charge in [-0.3, -0.25) is 14.5 Å². The Bertz CT molecular complexity index is 1470. The highest BCUT2D eigenvalue weighted by molar-refractivity contribution is 6.30. The van der Waals surface area contributed by atoms with Crippen LogP contribution in [0.25, 0.3) is 5.57 Å². The minimum atomic E-state index is -2.34. The minimum Gasteiger partial charge on any atom is -0.481 e. The van der Waals surface area contributed by atoms with Crippen LogP contribution in [0.3, 0.4) is 0 Å². The standard InChI is InChI=1S/C31H28Cl2FNO5/c1-17(19-11-13-40-14-12-19)21-15-25-27(26(34)16-21)31(39,22-5-9-24(33)10-6-22)35(29(25)36)28(18(2)30(37)38)20-3-7-23(32)8-4-20/h3-10,15-16,18-19,28,39H,1,11-14H2,2H3,(H,37,38)/t18?,28?,31-/m1/s1. The van der Waals surface area contributed by atoms with Gasteiger partial charge in [0.2, 0.25) is 0 Å². The van der Waals surface area contributed by atoms with E-state index in [-0.39, 0.29) is 22.6 Å². The van der Waals surface area contributed by atoms with Crippen LogP contribution in [0.4, 0.5) is 4.39 Å². The van der Waals surface area contributed by atoms with Gasteiger partial charge in [-0.25, -0.2) is 4.39 Å². The van der Waals surface area contributed by atoms with Crippen LogP contribution in [0.1, 0.15) is 58.4 Å². The van der Waals surface area contributed by atoms with E-state index in [1.807, 2.05) is 0 Å². The van der Waals surface area contributed by atoms with Crippen molar-refractivity contribution in [1.29, 1.82) is 0 Å². The van der Waals surface area contributed by atoms with E-state index < -0.39 is 35.4 Å². The molecular weight excluding hydrogens is 556 g/mol. The van der Waals surface area contributed by atoms with Gasteiger partial charge in [0.1, 0.15) is 5.82 Å². The molecule has 0 aromatic heterocycles. The maximum atomic E-state index is 16.2. The maximum absolute atomic E-state index is 16.2. The fraction of sp³-hybridized carbons (Fsp3) is 0.290. The number of allylic oxidation sites excluding steroid dienone is 1. The molecule has 0 saturated carbocycles. The zero-order valence-corrected chi connectivity index (χ0v) is 23.3. The molecule has 0 spiro atoms. The second kappa shape index (κ2) is 11.0. The van der Waals surface area contributed by atoms with Gasteiger partial charge in [0.25, 0.3) is 5.91 Å². The predicted molar refractivity (Wildman–Crippen MR) is 151 cm³/mol. The zero-order valence-electron chi connectivity index (χ0n) is 21.7. The van der Waals surface area contributed by atoms with E-state index >= 15 is 4.39 Å². The Morgan fingerprint density at radius 2 is 1.65 bits per heavy atom. The summed E-state index contributed by atoms with van der Waals surface area (Å²) in [7, 11) is 0. The first kappa shape index (κ1) is 28.3. The van der Waals surface area contributed by atoms with Gasteiger partial charge in [-0.05, 0) is 78.8 Å². The fourth-order valence-corrected chi connectivity index (χ4v) is 6.00. The fourth-order valence-electron chi connectivity index (χ4n) is 5.74. The molecule has 1 amide bonds. The van der Waals surface area contributed by atoms with Gasteiger partial charge < -0.3 is 14.9 Å². The van der Waals surface area contributed by atoms with Gasteiger partial charge in [-0.15, -0.1) is 0 Å².